The second kappa shape index (κ2) is 16.3. The first-order valence-corrected chi connectivity index (χ1v) is 21.0. The van der Waals surface area contributed by atoms with Gasteiger partial charge in [-0.05, 0) is 92.1 Å². The molecule has 0 bridgehead atoms. The van der Waals surface area contributed by atoms with Gasteiger partial charge < -0.3 is 33.6 Å². The summed E-state index contributed by atoms with van der Waals surface area (Å²) >= 11 is 0. The number of carbonyl (C=O) groups excluding carboxylic acids is 3. The molecular weight excluding hydrogens is 749 g/mol. The van der Waals surface area contributed by atoms with Crippen LogP contribution in [0.25, 0.3) is 21.9 Å². The summed E-state index contributed by atoms with van der Waals surface area (Å²) in [6.07, 6.45) is 7.13. The van der Waals surface area contributed by atoms with E-state index >= 15 is 0 Å². The van der Waals surface area contributed by atoms with Crippen molar-refractivity contribution in [3.05, 3.63) is 75.8 Å². The SMILES string of the molecule is [2H]C1CC(N2Cc3cc(N4CCC(CCN5CCN(Cc6c(OC)cc(-c7cn(C)c(=O)c8cnc(N9CCC9)cc78)cc6OC)CC5)CC4)ccc3C2=O)C(=O)NC1=O. The van der Waals surface area contributed by atoms with Crippen LogP contribution in [0.1, 0.15) is 61.4 Å². The van der Waals surface area contributed by atoms with Crippen LogP contribution in [0.5, 0.6) is 11.5 Å². The number of aromatic nitrogens is 2. The van der Waals surface area contributed by atoms with Crippen LogP contribution in [0.4, 0.5) is 11.5 Å². The Morgan fingerprint density at radius 3 is 2.25 bits per heavy atom. The molecule has 0 spiro atoms. The number of piperidine rings is 2. The number of benzene rings is 2. The molecule has 3 amide bonds. The molecule has 4 fully saturated rings. The number of hydrogen-bond donors (Lipinski definition) is 1. The standard InChI is InChI=1S/C45H54N8O6/c1-48-27-36(34-24-41(52-12-4-13-52)46-25-35(34)44(48)56)30-22-39(58-2)37(40(23-30)59-3)28-50-19-17-49(18-20-50)14-9-29-10-15-51(16-11-29)32-5-6-33-31(21-32)26-53(45(33)57)38-7-8-42(54)47-43(38)55/h5-6,21-25,27,29,38H,4,7-20,26,28H2,1-3H3,(H,47,54,55)/i8D. The third-order valence-corrected chi connectivity index (χ3v) is 13.2. The fraction of sp³-hybridized carbons (Fsp3) is 0.489. The highest BCUT2D eigenvalue weighted by atomic mass is 16.5. The number of methoxy groups -OCH3 is 2. The van der Waals surface area contributed by atoms with Gasteiger partial charge >= 0.3 is 0 Å². The molecule has 2 aromatic heterocycles. The van der Waals surface area contributed by atoms with E-state index in [9.17, 15) is 19.2 Å². The van der Waals surface area contributed by atoms with E-state index in [1.165, 1.54) is 11.3 Å². The minimum atomic E-state index is -1.05. The molecule has 4 aromatic rings. The Morgan fingerprint density at radius 1 is 0.831 bits per heavy atom. The number of nitrogens with one attached hydrogen (secondary N) is 1. The average molecular weight is 804 g/mol. The van der Waals surface area contributed by atoms with E-state index in [2.05, 4.69) is 48.1 Å². The maximum atomic E-state index is 13.2. The first-order valence-electron chi connectivity index (χ1n) is 21.6. The van der Waals surface area contributed by atoms with E-state index in [4.69, 9.17) is 10.8 Å². The van der Waals surface area contributed by atoms with Gasteiger partial charge in [-0.3, -0.25) is 29.4 Å². The van der Waals surface area contributed by atoms with Gasteiger partial charge in [0.15, 0.2) is 0 Å². The Kier molecular flexibility index (Phi) is 10.4. The molecule has 2 unspecified atom stereocenters. The maximum Gasteiger partial charge on any atom is 0.259 e. The number of pyridine rings is 2. The summed E-state index contributed by atoms with van der Waals surface area (Å²) in [5, 5.41) is 3.71. The molecule has 59 heavy (non-hydrogen) atoms. The van der Waals surface area contributed by atoms with E-state index in [1.807, 2.05) is 24.4 Å². The van der Waals surface area contributed by atoms with Crippen molar-refractivity contribution in [1.29, 1.82) is 0 Å². The topological polar surface area (TPSA) is 133 Å². The van der Waals surface area contributed by atoms with Gasteiger partial charge in [0, 0.05) is 115 Å². The maximum absolute atomic E-state index is 13.2. The summed E-state index contributed by atoms with van der Waals surface area (Å²) in [7, 11) is 5.19. The van der Waals surface area contributed by atoms with Gasteiger partial charge in [-0.15, -0.1) is 0 Å². The molecule has 1 N–H and O–H groups in total. The van der Waals surface area contributed by atoms with Crippen LogP contribution < -0.4 is 30.1 Å². The largest absolute Gasteiger partial charge is 0.496 e. The summed E-state index contributed by atoms with van der Waals surface area (Å²) < 4.78 is 21.6. The lowest BCUT2D eigenvalue weighted by Gasteiger charge is -2.37. The van der Waals surface area contributed by atoms with Crippen LogP contribution in [-0.2, 0) is 29.7 Å². The molecule has 2 aromatic carbocycles. The van der Waals surface area contributed by atoms with Crippen molar-refractivity contribution in [2.24, 2.45) is 13.0 Å². The molecule has 5 aliphatic rings. The van der Waals surface area contributed by atoms with Crippen molar-refractivity contribution in [3.63, 3.8) is 0 Å². The second-order valence-electron chi connectivity index (χ2n) is 16.7. The van der Waals surface area contributed by atoms with Gasteiger partial charge in [-0.2, -0.15) is 0 Å². The molecule has 7 heterocycles. The Balaban J connectivity index is 0.780. The number of rotatable bonds is 11. The van der Waals surface area contributed by atoms with Crippen molar-refractivity contribution >= 4 is 40.0 Å². The number of ether oxygens (including phenoxy) is 2. The lowest BCUT2D eigenvalue weighted by Crippen LogP contribution is -2.52. The van der Waals surface area contributed by atoms with Crippen LogP contribution in [0, 0.1) is 5.92 Å². The molecule has 0 radical (unpaired) electrons. The number of aryl methyl sites for hydroxylation is 1. The molecule has 9 rings (SSSR count). The number of imide groups is 1. The number of hydrogen-bond acceptors (Lipinski definition) is 11. The van der Waals surface area contributed by atoms with Crippen molar-refractivity contribution in [2.45, 2.75) is 57.6 Å². The van der Waals surface area contributed by atoms with Gasteiger partial charge in [0.1, 0.15) is 23.4 Å². The highest BCUT2D eigenvalue weighted by Gasteiger charge is 2.39. The third kappa shape index (κ3) is 7.64. The quantitative estimate of drug-likeness (QED) is 0.221. The van der Waals surface area contributed by atoms with Crippen molar-refractivity contribution in [2.75, 3.05) is 82.9 Å². The molecule has 2 atom stereocenters. The van der Waals surface area contributed by atoms with Crippen LogP contribution in [0.2, 0.25) is 0 Å². The molecule has 14 heteroatoms. The fourth-order valence-electron chi connectivity index (χ4n) is 9.46. The van der Waals surface area contributed by atoms with Crippen molar-refractivity contribution < 1.29 is 25.2 Å². The minimum Gasteiger partial charge on any atom is -0.496 e. The van der Waals surface area contributed by atoms with Gasteiger partial charge in [-0.25, -0.2) is 4.98 Å². The Morgan fingerprint density at radius 2 is 1.56 bits per heavy atom. The van der Waals surface area contributed by atoms with Crippen LogP contribution in [0.3, 0.4) is 0 Å². The molecule has 310 valence electrons. The summed E-state index contributed by atoms with van der Waals surface area (Å²) in [4.78, 5) is 66.5. The highest BCUT2D eigenvalue weighted by molar-refractivity contribution is 6.05. The second-order valence-corrected chi connectivity index (χ2v) is 16.7. The van der Waals surface area contributed by atoms with E-state index in [-0.39, 0.29) is 17.9 Å². The van der Waals surface area contributed by atoms with Crippen LogP contribution in [-0.4, -0.2) is 121 Å². The molecule has 5 aliphatic heterocycles. The smallest absolute Gasteiger partial charge is 0.259 e. The van der Waals surface area contributed by atoms with E-state index in [0.29, 0.717) is 30.0 Å². The number of fused-ring (bicyclic) bond motifs is 2. The molecular formula is C45H54N8O6. The molecule has 0 aliphatic carbocycles. The number of piperazine rings is 1. The monoisotopic (exact) mass is 803 g/mol. The summed E-state index contributed by atoms with van der Waals surface area (Å²) in [5.41, 5.74) is 5.39. The Hall–Kier alpha value is -5.47. The predicted octanol–water partition coefficient (Wildman–Crippen LogP) is 4.01. The van der Waals surface area contributed by atoms with Gasteiger partial charge in [-0.1, -0.05) is 0 Å². The third-order valence-electron chi connectivity index (χ3n) is 13.2. The van der Waals surface area contributed by atoms with Crippen molar-refractivity contribution in [1.82, 2.24) is 29.6 Å². The molecule has 4 saturated heterocycles. The molecule has 0 saturated carbocycles. The first kappa shape index (κ1) is 37.8. The highest BCUT2D eigenvalue weighted by Crippen LogP contribution is 2.39. The zero-order chi connectivity index (χ0) is 41.7. The van der Waals surface area contributed by atoms with E-state index < -0.39 is 24.3 Å². The van der Waals surface area contributed by atoms with Crippen LogP contribution >= 0.6 is 0 Å². The summed E-state index contributed by atoms with van der Waals surface area (Å²) in [6, 6.07) is 11.3. The number of amides is 3. The van der Waals surface area contributed by atoms with Gasteiger partial charge in [0.25, 0.3) is 11.5 Å². The normalized spacial score (nSPS) is 22.1. The number of anilines is 2. The Labute approximate surface area is 346 Å². The minimum absolute atomic E-state index is 0.0254. The summed E-state index contributed by atoms with van der Waals surface area (Å²) in [6.45, 7) is 9.89. The predicted molar refractivity (Wildman–Crippen MR) is 226 cm³/mol. The number of carbonyl (C=O) groups is 3. The van der Waals surface area contributed by atoms with E-state index in [1.54, 1.807) is 32.0 Å². The lowest BCUT2D eigenvalue weighted by molar-refractivity contribution is -0.136. The summed E-state index contributed by atoms with van der Waals surface area (Å²) in [5.74, 6) is 1.77. The van der Waals surface area contributed by atoms with Gasteiger partial charge in [0.05, 0.1) is 25.2 Å². The lowest BCUT2D eigenvalue weighted by atomic mass is 9.92. The average Bonchev–Trinajstić information content (AvgIpc) is 3.57. The first-order chi connectivity index (χ1) is 29.1. The van der Waals surface area contributed by atoms with Crippen molar-refractivity contribution in [3.8, 4) is 22.6 Å². The Bertz CT molecular complexity index is 2360. The zero-order valence-corrected chi connectivity index (χ0v) is 34.2. The van der Waals surface area contributed by atoms with E-state index in [0.717, 1.165) is 129 Å². The number of nitrogens with zero attached hydrogens (tertiary/aromatic N) is 7. The fourth-order valence-corrected chi connectivity index (χ4v) is 9.46. The van der Waals surface area contributed by atoms with Gasteiger partial charge in [0.2, 0.25) is 11.8 Å². The van der Waals surface area contributed by atoms with Crippen LogP contribution in [0.15, 0.2) is 53.6 Å². The zero-order valence-electron chi connectivity index (χ0n) is 35.2. The molecule has 14 nitrogen and oxygen atoms in total.